The van der Waals surface area contributed by atoms with Crippen molar-refractivity contribution in [3.8, 4) is 0 Å². The van der Waals surface area contributed by atoms with Crippen LogP contribution < -0.4 is 0 Å². The smallest absolute Gasteiger partial charge is 0.189 e. The SMILES string of the molecule is OC1O[C@H](COCc2ccc(Cl)cc2)[C@@H](OCc2ccc(Cl)cc2)[C@@H]1F. The zero-order valence-electron chi connectivity index (χ0n) is 13.9. The minimum Gasteiger partial charge on any atom is -0.374 e. The largest absolute Gasteiger partial charge is 0.374 e. The Morgan fingerprint density at radius 3 is 2.04 bits per heavy atom. The number of aliphatic hydroxyl groups is 1. The highest BCUT2D eigenvalue weighted by atomic mass is 35.5. The molecule has 1 aliphatic heterocycles. The summed E-state index contributed by atoms with van der Waals surface area (Å²) in [6.45, 7) is 0.616. The van der Waals surface area contributed by atoms with Crippen molar-refractivity contribution in [2.45, 2.75) is 37.9 Å². The molecule has 1 saturated heterocycles. The molecule has 0 bridgehead atoms. The molecule has 1 aliphatic rings. The molecule has 0 radical (unpaired) electrons. The van der Waals surface area contributed by atoms with Gasteiger partial charge in [-0.25, -0.2) is 4.39 Å². The fraction of sp³-hybridized carbons (Fsp3) is 0.368. The van der Waals surface area contributed by atoms with E-state index in [0.717, 1.165) is 11.1 Å². The normalized spacial score (nSPS) is 25.5. The van der Waals surface area contributed by atoms with Gasteiger partial charge in [0.1, 0.15) is 12.2 Å². The van der Waals surface area contributed by atoms with Gasteiger partial charge in [-0.3, -0.25) is 0 Å². The molecule has 1 fully saturated rings. The van der Waals surface area contributed by atoms with E-state index in [1.165, 1.54) is 0 Å². The van der Waals surface area contributed by atoms with Gasteiger partial charge in [-0.05, 0) is 35.4 Å². The monoisotopic (exact) mass is 400 g/mol. The molecule has 1 heterocycles. The minimum absolute atomic E-state index is 0.103. The van der Waals surface area contributed by atoms with Crippen LogP contribution in [0.4, 0.5) is 4.39 Å². The Labute approximate surface area is 161 Å². The van der Waals surface area contributed by atoms with Crippen LogP contribution in [0.2, 0.25) is 10.0 Å². The molecular formula is C19H19Cl2FO4. The molecular weight excluding hydrogens is 382 g/mol. The van der Waals surface area contributed by atoms with Crippen molar-refractivity contribution in [1.29, 1.82) is 0 Å². The van der Waals surface area contributed by atoms with Crippen molar-refractivity contribution in [2.75, 3.05) is 6.61 Å². The molecule has 4 nitrogen and oxygen atoms in total. The Balaban J connectivity index is 1.52. The predicted octanol–water partition coefficient (Wildman–Crippen LogP) is 4.15. The summed E-state index contributed by atoms with van der Waals surface area (Å²) in [5.74, 6) is 0. The van der Waals surface area contributed by atoms with E-state index in [9.17, 15) is 9.50 Å². The summed E-state index contributed by atoms with van der Waals surface area (Å²) in [5, 5.41) is 10.9. The van der Waals surface area contributed by atoms with Crippen molar-refractivity contribution in [1.82, 2.24) is 0 Å². The summed E-state index contributed by atoms with van der Waals surface area (Å²) < 4.78 is 30.7. The molecule has 7 heteroatoms. The first-order valence-electron chi connectivity index (χ1n) is 8.19. The van der Waals surface area contributed by atoms with Crippen LogP contribution in [0.15, 0.2) is 48.5 Å². The number of aliphatic hydroxyl groups excluding tert-OH is 1. The lowest BCUT2D eigenvalue weighted by Gasteiger charge is -2.20. The van der Waals surface area contributed by atoms with Gasteiger partial charge in [-0.15, -0.1) is 0 Å². The van der Waals surface area contributed by atoms with E-state index in [-0.39, 0.29) is 13.2 Å². The zero-order chi connectivity index (χ0) is 18.5. The third-order valence-electron chi connectivity index (χ3n) is 4.09. The molecule has 1 N–H and O–H groups in total. The first kappa shape index (κ1) is 19.5. The Hall–Kier alpha value is -1.21. The van der Waals surface area contributed by atoms with E-state index in [0.29, 0.717) is 16.7 Å². The summed E-state index contributed by atoms with van der Waals surface area (Å²) in [6, 6.07) is 14.3. The summed E-state index contributed by atoms with van der Waals surface area (Å²) >= 11 is 11.7. The van der Waals surface area contributed by atoms with Crippen LogP contribution in [0.1, 0.15) is 11.1 Å². The molecule has 2 aromatic rings. The maximum Gasteiger partial charge on any atom is 0.189 e. The molecule has 2 aromatic carbocycles. The molecule has 1 unspecified atom stereocenters. The summed E-state index contributed by atoms with van der Waals surface area (Å²) in [5.41, 5.74) is 1.78. The van der Waals surface area contributed by atoms with Gasteiger partial charge < -0.3 is 19.3 Å². The highest BCUT2D eigenvalue weighted by Gasteiger charge is 2.45. The lowest BCUT2D eigenvalue weighted by atomic mass is 10.1. The first-order chi connectivity index (χ1) is 12.5. The molecule has 0 aromatic heterocycles. The molecule has 0 spiro atoms. The number of hydrogen-bond donors (Lipinski definition) is 1. The van der Waals surface area contributed by atoms with E-state index < -0.39 is 24.7 Å². The lowest BCUT2D eigenvalue weighted by molar-refractivity contribution is -0.129. The molecule has 0 amide bonds. The lowest BCUT2D eigenvalue weighted by Crippen LogP contribution is -2.34. The molecule has 26 heavy (non-hydrogen) atoms. The number of benzene rings is 2. The number of rotatable bonds is 7. The van der Waals surface area contributed by atoms with E-state index in [4.69, 9.17) is 37.4 Å². The molecule has 3 rings (SSSR count). The fourth-order valence-electron chi connectivity index (χ4n) is 2.68. The number of alkyl halides is 1. The van der Waals surface area contributed by atoms with Gasteiger partial charge >= 0.3 is 0 Å². The average Bonchev–Trinajstić information content (AvgIpc) is 2.90. The minimum atomic E-state index is -1.63. The topological polar surface area (TPSA) is 47.9 Å². The van der Waals surface area contributed by atoms with Crippen LogP contribution in [-0.2, 0) is 27.4 Å². The van der Waals surface area contributed by atoms with E-state index in [1.807, 2.05) is 12.1 Å². The van der Waals surface area contributed by atoms with Crippen molar-refractivity contribution in [3.05, 3.63) is 69.7 Å². The van der Waals surface area contributed by atoms with Crippen molar-refractivity contribution in [3.63, 3.8) is 0 Å². The van der Waals surface area contributed by atoms with Crippen molar-refractivity contribution >= 4 is 23.2 Å². The predicted molar refractivity (Wildman–Crippen MR) is 96.9 cm³/mol. The van der Waals surface area contributed by atoms with Crippen LogP contribution in [0.5, 0.6) is 0 Å². The second-order valence-electron chi connectivity index (χ2n) is 6.05. The van der Waals surface area contributed by atoms with E-state index in [2.05, 4.69) is 0 Å². The second kappa shape index (κ2) is 9.13. The molecule has 4 atom stereocenters. The average molecular weight is 401 g/mol. The van der Waals surface area contributed by atoms with Crippen LogP contribution >= 0.6 is 23.2 Å². The zero-order valence-corrected chi connectivity index (χ0v) is 15.4. The third kappa shape index (κ3) is 5.16. The molecule has 0 aliphatic carbocycles. The quantitative estimate of drug-likeness (QED) is 0.758. The highest BCUT2D eigenvalue weighted by Crippen LogP contribution is 2.27. The fourth-order valence-corrected chi connectivity index (χ4v) is 2.93. The van der Waals surface area contributed by atoms with Crippen LogP contribution in [0.3, 0.4) is 0 Å². The van der Waals surface area contributed by atoms with Gasteiger partial charge in [0.15, 0.2) is 12.5 Å². The van der Waals surface area contributed by atoms with Crippen LogP contribution in [-0.4, -0.2) is 36.4 Å². The van der Waals surface area contributed by atoms with E-state index in [1.54, 1.807) is 36.4 Å². The number of halogens is 3. The van der Waals surface area contributed by atoms with Crippen molar-refractivity contribution in [2.24, 2.45) is 0 Å². The summed E-state index contributed by atoms with van der Waals surface area (Å²) in [4.78, 5) is 0. The summed E-state index contributed by atoms with van der Waals surface area (Å²) in [7, 11) is 0. The highest BCUT2D eigenvalue weighted by molar-refractivity contribution is 6.30. The molecule has 0 saturated carbocycles. The van der Waals surface area contributed by atoms with Crippen LogP contribution in [0, 0.1) is 0 Å². The third-order valence-corrected chi connectivity index (χ3v) is 4.59. The van der Waals surface area contributed by atoms with Gasteiger partial charge in [0.05, 0.1) is 19.8 Å². The van der Waals surface area contributed by atoms with Crippen molar-refractivity contribution < 1.29 is 23.7 Å². The molecule has 140 valence electrons. The maximum absolute atomic E-state index is 14.2. The number of ether oxygens (including phenoxy) is 3. The summed E-state index contributed by atoms with van der Waals surface area (Å²) in [6.07, 6.45) is -4.76. The van der Waals surface area contributed by atoms with Gasteiger partial charge in [-0.2, -0.15) is 0 Å². The van der Waals surface area contributed by atoms with Gasteiger partial charge in [0.25, 0.3) is 0 Å². The first-order valence-corrected chi connectivity index (χ1v) is 8.94. The van der Waals surface area contributed by atoms with Gasteiger partial charge in [-0.1, -0.05) is 47.5 Å². The van der Waals surface area contributed by atoms with Gasteiger partial charge in [0, 0.05) is 10.0 Å². The Morgan fingerprint density at radius 1 is 0.923 bits per heavy atom. The maximum atomic E-state index is 14.2. The Bertz CT molecular complexity index is 696. The van der Waals surface area contributed by atoms with E-state index >= 15 is 0 Å². The standard InChI is InChI=1S/C19H19Cl2FO4/c20-14-5-1-12(2-6-14)9-24-11-16-18(17(22)19(23)26-16)25-10-13-3-7-15(21)8-4-13/h1-8,16-19,23H,9-11H2/t16-,17+,18-,19?/m1/s1. The Morgan fingerprint density at radius 2 is 1.46 bits per heavy atom. The van der Waals surface area contributed by atoms with Crippen LogP contribution in [0.25, 0.3) is 0 Å². The Kier molecular flexibility index (Phi) is 6.86. The van der Waals surface area contributed by atoms with Gasteiger partial charge in [0.2, 0.25) is 0 Å². The second-order valence-corrected chi connectivity index (χ2v) is 6.93. The number of hydrogen-bond acceptors (Lipinski definition) is 4.